The first kappa shape index (κ1) is 69.3. The third-order valence-corrected chi connectivity index (χ3v) is 14.9. The molecule has 11 nitrogen and oxygen atoms in total. The molecule has 8 N–H and O–H groups in total. The molecule has 1 rings (SSSR count). The Bertz CT molecular complexity index is 1280. The number of carbonyl (C=O) groups is 1. The molecule has 1 heterocycles. The van der Waals surface area contributed by atoms with Gasteiger partial charge in [0.15, 0.2) is 6.29 Å². The van der Waals surface area contributed by atoms with Gasteiger partial charge in [-0.05, 0) is 70.6 Å². The Morgan fingerprint density at radius 3 is 1.26 bits per heavy atom. The van der Waals surface area contributed by atoms with Crippen LogP contribution in [0.2, 0.25) is 0 Å². The molecule has 430 valence electrons. The smallest absolute Gasteiger partial charge is 0.249 e. The summed E-state index contributed by atoms with van der Waals surface area (Å²) >= 11 is 0. The van der Waals surface area contributed by atoms with E-state index >= 15 is 0 Å². The summed E-state index contributed by atoms with van der Waals surface area (Å²) in [6.45, 7) is 3.47. The number of rotatable bonds is 53. The average Bonchev–Trinajstić information content (AvgIpc) is 3.39. The van der Waals surface area contributed by atoms with E-state index in [4.69, 9.17) is 9.47 Å². The summed E-state index contributed by atoms with van der Waals surface area (Å²) in [5.41, 5.74) is 0. The van der Waals surface area contributed by atoms with Crippen LogP contribution in [0.4, 0.5) is 0 Å². The van der Waals surface area contributed by atoms with Gasteiger partial charge in [0.1, 0.15) is 36.6 Å². The first-order chi connectivity index (χ1) is 35.7. The van der Waals surface area contributed by atoms with Gasteiger partial charge >= 0.3 is 0 Å². The minimum absolute atomic E-state index is 0.253. The maximum atomic E-state index is 13.2. The molecule has 0 aliphatic carbocycles. The van der Waals surface area contributed by atoms with Gasteiger partial charge in [0.2, 0.25) is 5.91 Å². The molecule has 1 fully saturated rings. The molecule has 0 aromatic rings. The number of aliphatic hydroxyl groups excluding tert-OH is 7. The molecular weight excluding hydrogens is 919 g/mol. The Balaban J connectivity index is 2.27. The summed E-state index contributed by atoms with van der Waals surface area (Å²) in [5.74, 6) is -0.705. The van der Waals surface area contributed by atoms with Gasteiger partial charge in [-0.25, -0.2) is 0 Å². The molecule has 9 unspecified atom stereocenters. The van der Waals surface area contributed by atoms with Crippen LogP contribution >= 0.6 is 0 Å². The number of carbonyl (C=O) groups excluding carboxylic acids is 1. The monoisotopic (exact) mass is 1040 g/mol. The first-order valence-corrected chi connectivity index (χ1v) is 30.9. The fourth-order valence-electron chi connectivity index (χ4n) is 9.89. The molecule has 0 aromatic carbocycles. The van der Waals surface area contributed by atoms with Crippen molar-refractivity contribution in [2.24, 2.45) is 0 Å². The SMILES string of the molecule is CCCCCCCCCCC/C=C\C/C=C\CCCCCCCCCCCCCCC(O)C(=O)NC(COC1OC(CO)C(O)C(O)C1O)C(O)C(O)CCC/C=C/CCCCCCCCCCCCCCC. The summed E-state index contributed by atoms with van der Waals surface area (Å²) in [4.78, 5) is 13.2. The summed E-state index contributed by atoms with van der Waals surface area (Å²) < 4.78 is 11.1. The Kier molecular flexibility index (Phi) is 48.5. The molecule has 0 radical (unpaired) electrons. The van der Waals surface area contributed by atoms with Crippen molar-refractivity contribution in [2.45, 2.75) is 339 Å². The third kappa shape index (κ3) is 39.4. The second kappa shape index (κ2) is 51.1. The Labute approximate surface area is 447 Å². The number of hydrogen-bond donors (Lipinski definition) is 8. The lowest BCUT2D eigenvalue weighted by Gasteiger charge is -2.40. The maximum absolute atomic E-state index is 13.2. The number of allylic oxidation sites excluding steroid dienone is 6. The van der Waals surface area contributed by atoms with Crippen molar-refractivity contribution >= 4 is 5.91 Å². The minimum Gasteiger partial charge on any atom is -0.394 e. The van der Waals surface area contributed by atoms with Gasteiger partial charge in [0.05, 0.1) is 25.4 Å². The van der Waals surface area contributed by atoms with Crippen LogP contribution in [-0.4, -0.2) is 110 Å². The van der Waals surface area contributed by atoms with Gasteiger partial charge in [-0.1, -0.05) is 249 Å². The van der Waals surface area contributed by atoms with Gasteiger partial charge < -0.3 is 50.5 Å². The van der Waals surface area contributed by atoms with E-state index in [9.17, 15) is 40.5 Å². The summed E-state index contributed by atoms with van der Waals surface area (Å²) in [7, 11) is 0. The van der Waals surface area contributed by atoms with Gasteiger partial charge in [0.25, 0.3) is 0 Å². The fourth-order valence-corrected chi connectivity index (χ4v) is 9.89. The van der Waals surface area contributed by atoms with Crippen molar-refractivity contribution in [1.29, 1.82) is 0 Å². The minimum atomic E-state index is -1.67. The van der Waals surface area contributed by atoms with Crippen LogP contribution in [0, 0.1) is 0 Å². The molecule has 73 heavy (non-hydrogen) atoms. The normalized spacial score (nSPS) is 20.2. The molecule has 1 saturated heterocycles. The molecule has 9 atom stereocenters. The van der Waals surface area contributed by atoms with E-state index in [1.165, 1.54) is 199 Å². The van der Waals surface area contributed by atoms with Crippen LogP contribution in [0.1, 0.15) is 284 Å². The van der Waals surface area contributed by atoms with Gasteiger partial charge in [-0.3, -0.25) is 4.79 Å². The third-order valence-electron chi connectivity index (χ3n) is 14.9. The number of nitrogens with one attached hydrogen (secondary N) is 1. The van der Waals surface area contributed by atoms with Crippen molar-refractivity contribution < 1.29 is 50.0 Å². The van der Waals surface area contributed by atoms with Crippen LogP contribution in [0.25, 0.3) is 0 Å². The van der Waals surface area contributed by atoms with Crippen LogP contribution in [0.15, 0.2) is 36.5 Å². The molecule has 1 amide bonds. The van der Waals surface area contributed by atoms with Crippen molar-refractivity contribution in [1.82, 2.24) is 5.32 Å². The Hall–Kier alpha value is -1.67. The van der Waals surface area contributed by atoms with E-state index in [0.717, 1.165) is 44.9 Å². The van der Waals surface area contributed by atoms with E-state index in [1.807, 2.05) is 0 Å². The van der Waals surface area contributed by atoms with E-state index in [2.05, 4.69) is 55.6 Å². The lowest BCUT2D eigenvalue weighted by molar-refractivity contribution is -0.303. The highest BCUT2D eigenvalue weighted by molar-refractivity contribution is 5.80. The Morgan fingerprint density at radius 2 is 0.849 bits per heavy atom. The van der Waals surface area contributed by atoms with Crippen molar-refractivity contribution in [3.63, 3.8) is 0 Å². The zero-order valence-corrected chi connectivity index (χ0v) is 47.1. The van der Waals surface area contributed by atoms with Crippen LogP contribution in [-0.2, 0) is 14.3 Å². The number of hydrogen-bond acceptors (Lipinski definition) is 10. The molecule has 0 aromatic heterocycles. The molecule has 1 aliphatic rings. The van der Waals surface area contributed by atoms with Crippen LogP contribution in [0.3, 0.4) is 0 Å². The molecule has 0 saturated carbocycles. The highest BCUT2D eigenvalue weighted by Crippen LogP contribution is 2.23. The lowest BCUT2D eigenvalue weighted by atomic mass is 9.98. The Morgan fingerprint density at radius 1 is 0.479 bits per heavy atom. The summed E-state index contributed by atoms with van der Waals surface area (Å²) in [6, 6.07) is -1.19. The lowest BCUT2D eigenvalue weighted by Crippen LogP contribution is -2.60. The summed E-state index contributed by atoms with van der Waals surface area (Å²) in [5, 5.41) is 76.2. The highest BCUT2D eigenvalue weighted by atomic mass is 16.7. The van der Waals surface area contributed by atoms with E-state index in [-0.39, 0.29) is 12.8 Å². The quantitative estimate of drug-likeness (QED) is 0.0215. The molecule has 1 aliphatic heterocycles. The van der Waals surface area contributed by atoms with E-state index in [0.29, 0.717) is 12.8 Å². The average molecular weight is 1040 g/mol. The molecular formula is C62H117NO10. The number of unbranched alkanes of at least 4 members (excludes halogenated alkanes) is 35. The number of ether oxygens (including phenoxy) is 2. The second-order valence-corrected chi connectivity index (χ2v) is 21.8. The standard InChI is InChI=1S/C62H117NO10/c1-3-5-7-9-11-13-15-17-19-21-23-24-25-26-27-28-29-30-31-32-34-36-38-40-42-44-46-48-50-55(66)61(71)63-53(52-72-62-60(70)59(69)58(68)56(51-64)73-62)57(67)54(65)49-47-45-43-41-39-37-35-33-22-20-18-16-14-12-10-8-6-4-2/h23-24,26-27,41,43,53-60,62,64-70H,3-22,25,28-40,42,44-52H2,1-2H3,(H,63,71)/b24-23-,27-26-,43-41+. The zero-order valence-electron chi connectivity index (χ0n) is 47.1. The van der Waals surface area contributed by atoms with E-state index < -0.39 is 74.2 Å². The molecule has 0 spiro atoms. The number of amides is 1. The van der Waals surface area contributed by atoms with Gasteiger partial charge in [0, 0.05) is 0 Å². The molecule has 11 heteroatoms. The first-order valence-electron chi connectivity index (χ1n) is 30.9. The molecule has 0 bridgehead atoms. The van der Waals surface area contributed by atoms with Crippen molar-refractivity contribution in [3.05, 3.63) is 36.5 Å². The van der Waals surface area contributed by atoms with Crippen LogP contribution in [0.5, 0.6) is 0 Å². The second-order valence-electron chi connectivity index (χ2n) is 21.8. The topological polar surface area (TPSA) is 189 Å². The predicted octanol–water partition coefficient (Wildman–Crippen LogP) is 13.5. The van der Waals surface area contributed by atoms with Crippen molar-refractivity contribution in [3.8, 4) is 0 Å². The fraction of sp³-hybridized carbons (Fsp3) is 0.887. The van der Waals surface area contributed by atoms with Crippen LogP contribution < -0.4 is 5.32 Å². The predicted molar refractivity (Wildman–Crippen MR) is 302 cm³/mol. The maximum Gasteiger partial charge on any atom is 0.249 e. The van der Waals surface area contributed by atoms with Gasteiger partial charge in [-0.15, -0.1) is 0 Å². The van der Waals surface area contributed by atoms with Crippen molar-refractivity contribution in [2.75, 3.05) is 13.2 Å². The largest absolute Gasteiger partial charge is 0.394 e. The number of aliphatic hydroxyl groups is 7. The zero-order chi connectivity index (χ0) is 53.3. The highest BCUT2D eigenvalue weighted by Gasteiger charge is 2.44. The van der Waals surface area contributed by atoms with E-state index in [1.54, 1.807) is 0 Å². The summed E-state index contributed by atoms with van der Waals surface area (Å²) in [6.07, 6.45) is 52.1. The van der Waals surface area contributed by atoms with Gasteiger partial charge in [-0.2, -0.15) is 0 Å².